The number of hydrogen-bond donors (Lipinski definition) is 2. The van der Waals surface area contributed by atoms with Gasteiger partial charge >= 0.3 is 0 Å². The fourth-order valence-electron chi connectivity index (χ4n) is 5.53. The molecule has 0 bridgehead atoms. The van der Waals surface area contributed by atoms with Gasteiger partial charge in [0.1, 0.15) is 11.5 Å². The Morgan fingerprint density at radius 3 is 1.43 bits per heavy atom. The highest BCUT2D eigenvalue weighted by atomic mass is 16.5. The van der Waals surface area contributed by atoms with Crippen LogP contribution in [0.5, 0.6) is 11.5 Å². The lowest BCUT2D eigenvalue weighted by atomic mass is 10.1. The van der Waals surface area contributed by atoms with Crippen molar-refractivity contribution in [1.29, 1.82) is 0 Å². The average Bonchev–Trinajstić information content (AvgIpc) is 3.45. The van der Waals surface area contributed by atoms with Gasteiger partial charge in [-0.25, -0.2) is 9.80 Å². The number of hydrogen-bond acceptors (Lipinski definition) is 6. The second-order valence-corrected chi connectivity index (χ2v) is 10.5. The van der Waals surface area contributed by atoms with E-state index < -0.39 is 12.1 Å². The van der Waals surface area contributed by atoms with Crippen molar-refractivity contribution in [2.75, 3.05) is 37.1 Å². The smallest absolute Gasteiger partial charge is 0.292 e. The van der Waals surface area contributed by atoms with Crippen molar-refractivity contribution in [3.05, 3.63) is 83.9 Å². The SMILES string of the molecule is COc1cccc(CC[NH2+][C@H]2CC(=O)N(c3ccc(N4C(=O)C[C@@H]([NH2+]CCc5cccc(OC)c5)C4=O)cc3)C2=O)c1. The Hall–Kier alpha value is -4.54. The van der Waals surface area contributed by atoms with E-state index in [4.69, 9.17) is 9.47 Å². The number of imide groups is 2. The number of ether oxygens (including phenoxy) is 2. The first-order valence-corrected chi connectivity index (χ1v) is 14.1. The lowest BCUT2D eigenvalue weighted by Crippen LogP contribution is -2.92. The molecule has 5 rings (SSSR count). The van der Waals surface area contributed by atoms with E-state index in [1.54, 1.807) is 38.5 Å². The summed E-state index contributed by atoms with van der Waals surface area (Å²) in [6.07, 6.45) is 1.71. The third-order valence-corrected chi connectivity index (χ3v) is 7.77. The molecule has 3 aromatic rings. The number of anilines is 2. The monoisotopic (exact) mass is 572 g/mol. The van der Waals surface area contributed by atoms with E-state index in [2.05, 4.69) is 0 Å². The highest BCUT2D eigenvalue weighted by Gasteiger charge is 2.44. The molecule has 0 spiro atoms. The summed E-state index contributed by atoms with van der Waals surface area (Å²) in [5, 5.41) is 3.81. The molecular formula is C32H36N4O6+2. The molecule has 2 fully saturated rings. The molecule has 3 aromatic carbocycles. The minimum Gasteiger partial charge on any atom is -0.497 e. The Morgan fingerprint density at radius 1 is 0.643 bits per heavy atom. The summed E-state index contributed by atoms with van der Waals surface area (Å²) >= 11 is 0. The largest absolute Gasteiger partial charge is 0.497 e. The topological polar surface area (TPSA) is 126 Å². The van der Waals surface area contributed by atoms with Gasteiger partial charge in [0.15, 0.2) is 12.1 Å². The molecule has 42 heavy (non-hydrogen) atoms. The number of quaternary nitrogens is 2. The van der Waals surface area contributed by atoms with Gasteiger partial charge in [-0.05, 0) is 59.7 Å². The third kappa shape index (κ3) is 6.35. The van der Waals surface area contributed by atoms with Crippen molar-refractivity contribution in [2.24, 2.45) is 0 Å². The van der Waals surface area contributed by atoms with E-state index in [0.717, 1.165) is 35.5 Å². The van der Waals surface area contributed by atoms with Crippen LogP contribution >= 0.6 is 0 Å². The highest BCUT2D eigenvalue weighted by Crippen LogP contribution is 2.27. The van der Waals surface area contributed by atoms with Gasteiger partial charge in [-0.2, -0.15) is 0 Å². The van der Waals surface area contributed by atoms with Crippen LogP contribution in [0.25, 0.3) is 0 Å². The lowest BCUT2D eigenvalue weighted by molar-refractivity contribution is -0.674. The van der Waals surface area contributed by atoms with E-state index in [9.17, 15) is 19.2 Å². The van der Waals surface area contributed by atoms with Gasteiger partial charge in [-0.3, -0.25) is 19.2 Å². The normalized spacial score (nSPS) is 18.7. The minimum absolute atomic E-state index is 0.120. The predicted octanol–water partition coefficient (Wildman–Crippen LogP) is 0.580. The minimum atomic E-state index is -0.488. The van der Waals surface area contributed by atoms with Gasteiger partial charge in [-0.1, -0.05) is 24.3 Å². The second-order valence-electron chi connectivity index (χ2n) is 10.5. The average molecular weight is 573 g/mol. The van der Waals surface area contributed by atoms with Gasteiger partial charge in [0.05, 0.1) is 51.5 Å². The molecule has 2 heterocycles. The molecule has 0 aromatic heterocycles. The van der Waals surface area contributed by atoms with E-state index in [-0.39, 0.29) is 36.5 Å². The number of rotatable bonds is 12. The Kier molecular flexibility index (Phi) is 8.94. The van der Waals surface area contributed by atoms with Gasteiger partial charge in [0.2, 0.25) is 11.8 Å². The van der Waals surface area contributed by atoms with Crippen LogP contribution in [0, 0.1) is 0 Å². The molecule has 0 aliphatic carbocycles. The predicted molar refractivity (Wildman–Crippen MR) is 155 cm³/mol. The van der Waals surface area contributed by atoms with Crippen LogP contribution in [0.4, 0.5) is 11.4 Å². The maximum absolute atomic E-state index is 13.1. The molecule has 2 aliphatic rings. The maximum Gasteiger partial charge on any atom is 0.292 e. The van der Waals surface area contributed by atoms with E-state index in [1.807, 2.05) is 59.2 Å². The molecule has 0 unspecified atom stereocenters. The zero-order chi connectivity index (χ0) is 29.6. The summed E-state index contributed by atoms with van der Waals surface area (Å²) in [6, 6.07) is 21.0. The molecule has 0 saturated carbocycles. The molecule has 2 atom stereocenters. The fraction of sp³-hybridized carbons (Fsp3) is 0.312. The Morgan fingerprint density at radius 2 is 1.05 bits per heavy atom. The van der Waals surface area contributed by atoms with Crippen LogP contribution in [-0.2, 0) is 32.0 Å². The Balaban J connectivity index is 1.15. The Bertz CT molecular complexity index is 1360. The zero-order valence-corrected chi connectivity index (χ0v) is 23.8. The molecule has 2 aliphatic heterocycles. The maximum atomic E-state index is 13.1. The summed E-state index contributed by atoms with van der Waals surface area (Å²) in [7, 11) is 3.25. The van der Waals surface area contributed by atoms with Crippen LogP contribution in [0.15, 0.2) is 72.8 Å². The Labute approximate surface area is 244 Å². The summed E-state index contributed by atoms with van der Waals surface area (Å²) in [5.41, 5.74) is 3.05. The number of methoxy groups -OCH3 is 2. The number of amides is 4. The summed E-state index contributed by atoms with van der Waals surface area (Å²) in [4.78, 5) is 54.2. The van der Waals surface area contributed by atoms with Crippen molar-refractivity contribution >= 4 is 35.0 Å². The zero-order valence-electron chi connectivity index (χ0n) is 23.8. The number of nitrogens with zero attached hydrogens (tertiary/aromatic N) is 2. The molecular weight excluding hydrogens is 536 g/mol. The van der Waals surface area contributed by atoms with Crippen LogP contribution in [0.3, 0.4) is 0 Å². The van der Waals surface area contributed by atoms with Crippen molar-refractivity contribution in [3.63, 3.8) is 0 Å². The van der Waals surface area contributed by atoms with Gasteiger partial charge < -0.3 is 20.1 Å². The summed E-state index contributed by atoms with van der Waals surface area (Å²) in [6.45, 7) is 1.31. The first kappa shape index (κ1) is 29.0. The molecule has 4 amide bonds. The highest BCUT2D eigenvalue weighted by molar-refractivity contribution is 6.23. The quantitative estimate of drug-likeness (QED) is 0.306. The number of nitrogens with two attached hydrogens (primary N) is 2. The third-order valence-electron chi connectivity index (χ3n) is 7.77. The first-order chi connectivity index (χ1) is 20.4. The van der Waals surface area contributed by atoms with Crippen molar-refractivity contribution < 1.29 is 39.3 Å². The van der Waals surface area contributed by atoms with Crippen LogP contribution in [0.1, 0.15) is 24.0 Å². The lowest BCUT2D eigenvalue weighted by Gasteiger charge is -2.18. The number of carbonyl (C=O) groups is 4. The first-order valence-electron chi connectivity index (χ1n) is 14.1. The van der Waals surface area contributed by atoms with Crippen LogP contribution in [-0.4, -0.2) is 63.0 Å². The number of benzene rings is 3. The van der Waals surface area contributed by atoms with E-state index >= 15 is 0 Å². The molecule has 0 radical (unpaired) electrons. The van der Waals surface area contributed by atoms with E-state index in [0.29, 0.717) is 24.5 Å². The summed E-state index contributed by atoms with van der Waals surface area (Å²) < 4.78 is 10.5. The van der Waals surface area contributed by atoms with Crippen molar-refractivity contribution in [1.82, 2.24) is 0 Å². The molecule has 10 nitrogen and oxygen atoms in total. The summed E-state index contributed by atoms with van der Waals surface area (Å²) in [5.74, 6) is 0.493. The fourth-order valence-corrected chi connectivity index (χ4v) is 5.53. The number of carbonyl (C=O) groups excluding carboxylic acids is 4. The molecule has 218 valence electrons. The second kappa shape index (κ2) is 13.0. The van der Waals surface area contributed by atoms with Crippen molar-refractivity contribution in [3.8, 4) is 11.5 Å². The van der Waals surface area contributed by atoms with Crippen LogP contribution < -0.4 is 29.9 Å². The van der Waals surface area contributed by atoms with Gasteiger partial charge in [0, 0.05) is 12.8 Å². The van der Waals surface area contributed by atoms with Crippen molar-refractivity contribution in [2.45, 2.75) is 37.8 Å². The van der Waals surface area contributed by atoms with Gasteiger partial charge in [0.25, 0.3) is 11.8 Å². The van der Waals surface area contributed by atoms with E-state index in [1.165, 1.54) is 9.80 Å². The van der Waals surface area contributed by atoms with Gasteiger partial charge in [-0.15, -0.1) is 0 Å². The standard InChI is InChI=1S/C32H34N4O6/c1-41-25-7-3-5-21(17-25)13-15-33-27-19-29(37)35(31(27)39)23-9-11-24(12-10-23)36-30(38)20-28(32(36)40)34-16-14-22-6-4-8-26(18-22)42-2/h3-12,17-18,27-28,33-34H,13-16,19-20H2,1-2H3/p+2/t27-,28+. The van der Waals surface area contributed by atoms with Crippen LogP contribution in [0.2, 0.25) is 0 Å². The molecule has 10 heteroatoms. The molecule has 2 saturated heterocycles. The molecule has 4 N–H and O–H groups in total.